The van der Waals surface area contributed by atoms with Gasteiger partial charge in [-0.25, -0.2) is 4.57 Å². The van der Waals surface area contributed by atoms with Crippen LogP contribution < -0.4 is 0 Å². The molecular formula is C60H107O11P. The Hall–Kier alpha value is -2.82. The maximum absolute atomic E-state index is 12.9. The van der Waals surface area contributed by atoms with Crippen molar-refractivity contribution in [2.24, 2.45) is 0 Å². The van der Waals surface area contributed by atoms with Gasteiger partial charge in [-0.15, -0.1) is 0 Å². The number of unbranched alkanes of at least 4 members (excludes halogenated alkanes) is 27. The zero-order valence-electron chi connectivity index (χ0n) is 46.1. The summed E-state index contributed by atoms with van der Waals surface area (Å²) in [5.41, 5.74) is 0. The molecule has 0 heterocycles. The van der Waals surface area contributed by atoms with Gasteiger partial charge in [0.1, 0.15) is 12.7 Å². The molecule has 0 saturated carbocycles. The van der Waals surface area contributed by atoms with E-state index in [4.69, 9.17) is 23.3 Å². The Bertz CT molecular complexity index is 1440. The first-order valence-corrected chi connectivity index (χ1v) is 30.7. The fourth-order valence-electron chi connectivity index (χ4n) is 7.99. The van der Waals surface area contributed by atoms with E-state index in [0.717, 1.165) is 89.9 Å². The number of hydrogen-bond acceptors (Lipinski definition) is 10. The SMILES string of the molecule is CC/C=C\C/C=C\C/C=C\CCCCCC(=O)OCC(COP(=O)(O)OCC(CO)OC(=O)CCCCCCCCCCCCCCC)OC(=O)CCCCCCCCCCC/C=C\C/C=C\CCCCC. The predicted molar refractivity (Wildman–Crippen MR) is 298 cm³/mol. The second kappa shape index (κ2) is 54.4. The van der Waals surface area contributed by atoms with Gasteiger partial charge in [0.25, 0.3) is 0 Å². The molecule has 0 aliphatic rings. The lowest BCUT2D eigenvalue weighted by atomic mass is 10.0. The highest BCUT2D eigenvalue weighted by Gasteiger charge is 2.28. The smallest absolute Gasteiger partial charge is 0.462 e. The zero-order valence-corrected chi connectivity index (χ0v) is 47.0. The van der Waals surface area contributed by atoms with Crippen molar-refractivity contribution in [2.45, 2.75) is 277 Å². The normalized spacial score (nSPS) is 13.8. The van der Waals surface area contributed by atoms with E-state index in [1.807, 2.05) is 0 Å². The van der Waals surface area contributed by atoms with E-state index in [2.05, 4.69) is 81.5 Å². The second-order valence-electron chi connectivity index (χ2n) is 19.4. The molecule has 0 fully saturated rings. The highest BCUT2D eigenvalue weighted by atomic mass is 31.2. The van der Waals surface area contributed by atoms with Crippen LogP contribution in [0.5, 0.6) is 0 Å². The van der Waals surface area contributed by atoms with Gasteiger partial charge in [-0.05, 0) is 83.5 Å². The van der Waals surface area contributed by atoms with E-state index in [1.54, 1.807) is 0 Å². The number of aliphatic hydroxyl groups is 1. The number of phosphoric acid groups is 1. The van der Waals surface area contributed by atoms with Crippen molar-refractivity contribution >= 4 is 25.7 Å². The van der Waals surface area contributed by atoms with Gasteiger partial charge in [0.05, 0.1) is 19.8 Å². The fourth-order valence-corrected chi connectivity index (χ4v) is 8.77. The minimum absolute atomic E-state index is 0.157. The summed E-state index contributed by atoms with van der Waals surface area (Å²) < 4.78 is 39.5. The highest BCUT2D eigenvalue weighted by molar-refractivity contribution is 7.47. The second-order valence-corrected chi connectivity index (χ2v) is 20.9. The van der Waals surface area contributed by atoms with Gasteiger partial charge in [-0.3, -0.25) is 23.4 Å². The van der Waals surface area contributed by atoms with Crippen LogP contribution in [-0.2, 0) is 42.2 Å². The quantitative estimate of drug-likeness (QED) is 0.0197. The molecule has 418 valence electrons. The van der Waals surface area contributed by atoms with Gasteiger partial charge in [-0.2, -0.15) is 0 Å². The third-order valence-electron chi connectivity index (χ3n) is 12.4. The summed E-state index contributed by atoms with van der Waals surface area (Å²) in [5.74, 6) is -1.49. The molecule has 0 amide bonds. The van der Waals surface area contributed by atoms with Crippen molar-refractivity contribution in [1.82, 2.24) is 0 Å². The van der Waals surface area contributed by atoms with Crippen LogP contribution in [0.3, 0.4) is 0 Å². The molecule has 3 atom stereocenters. The summed E-state index contributed by atoms with van der Waals surface area (Å²) in [7, 11) is -4.75. The molecule has 11 nitrogen and oxygen atoms in total. The van der Waals surface area contributed by atoms with Crippen molar-refractivity contribution in [1.29, 1.82) is 0 Å². The van der Waals surface area contributed by atoms with Gasteiger partial charge >= 0.3 is 25.7 Å². The van der Waals surface area contributed by atoms with Crippen LogP contribution in [0.1, 0.15) is 265 Å². The molecule has 2 N–H and O–H groups in total. The largest absolute Gasteiger partial charge is 0.472 e. The number of allylic oxidation sites excluding steroid dienone is 10. The predicted octanol–water partition coefficient (Wildman–Crippen LogP) is 17.1. The molecule has 0 rings (SSSR count). The molecule has 12 heteroatoms. The molecule has 0 aliphatic heterocycles. The Balaban J connectivity index is 4.72. The Morgan fingerprint density at radius 1 is 0.403 bits per heavy atom. The highest BCUT2D eigenvalue weighted by Crippen LogP contribution is 2.43. The van der Waals surface area contributed by atoms with Crippen LogP contribution in [0, 0.1) is 0 Å². The van der Waals surface area contributed by atoms with Crippen molar-refractivity contribution in [3.05, 3.63) is 60.8 Å². The Kier molecular flexibility index (Phi) is 52.3. The minimum atomic E-state index is -4.75. The molecular weight excluding hydrogens is 928 g/mol. The topological polar surface area (TPSA) is 155 Å². The van der Waals surface area contributed by atoms with E-state index in [0.29, 0.717) is 19.3 Å². The van der Waals surface area contributed by atoms with Crippen LogP contribution in [0.25, 0.3) is 0 Å². The van der Waals surface area contributed by atoms with Gasteiger partial charge < -0.3 is 24.2 Å². The molecule has 0 radical (unpaired) electrons. The lowest BCUT2D eigenvalue weighted by Crippen LogP contribution is -2.30. The molecule has 72 heavy (non-hydrogen) atoms. The molecule has 0 aromatic heterocycles. The average Bonchev–Trinajstić information content (AvgIpc) is 3.37. The van der Waals surface area contributed by atoms with Crippen LogP contribution in [0.15, 0.2) is 60.8 Å². The van der Waals surface area contributed by atoms with E-state index in [1.165, 1.54) is 116 Å². The lowest BCUT2D eigenvalue weighted by Gasteiger charge is -2.21. The molecule has 0 aliphatic carbocycles. The minimum Gasteiger partial charge on any atom is -0.462 e. The number of aliphatic hydroxyl groups excluding tert-OH is 1. The van der Waals surface area contributed by atoms with E-state index in [-0.39, 0.29) is 25.9 Å². The number of ether oxygens (including phenoxy) is 3. The Labute approximate surface area is 440 Å². The lowest BCUT2D eigenvalue weighted by molar-refractivity contribution is -0.161. The van der Waals surface area contributed by atoms with Crippen LogP contribution >= 0.6 is 7.82 Å². The first-order valence-electron chi connectivity index (χ1n) is 29.2. The van der Waals surface area contributed by atoms with Crippen molar-refractivity contribution < 1.29 is 52.2 Å². The van der Waals surface area contributed by atoms with Gasteiger partial charge in [0.15, 0.2) is 6.10 Å². The summed E-state index contributed by atoms with van der Waals surface area (Å²) in [4.78, 5) is 48.5. The summed E-state index contributed by atoms with van der Waals surface area (Å²) in [5, 5.41) is 9.81. The van der Waals surface area contributed by atoms with Crippen molar-refractivity contribution in [3.8, 4) is 0 Å². The third kappa shape index (κ3) is 52.1. The fraction of sp³-hybridized carbons (Fsp3) is 0.783. The molecule has 0 aromatic carbocycles. The van der Waals surface area contributed by atoms with Crippen LogP contribution in [0.2, 0.25) is 0 Å². The molecule has 0 bridgehead atoms. The number of esters is 3. The molecule has 0 aromatic rings. The third-order valence-corrected chi connectivity index (χ3v) is 13.4. The Morgan fingerprint density at radius 3 is 1.15 bits per heavy atom. The number of carbonyl (C=O) groups is 3. The Morgan fingerprint density at radius 2 is 0.722 bits per heavy atom. The number of rotatable bonds is 54. The van der Waals surface area contributed by atoms with Crippen LogP contribution in [0.4, 0.5) is 0 Å². The average molecular weight is 1040 g/mol. The van der Waals surface area contributed by atoms with Gasteiger partial charge in [-0.1, -0.05) is 223 Å². The molecule has 0 spiro atoms. The number of carbonyl (C=O) groups excluding carboxylic acids is 3. The maximum atomic E-state index is 12.9. The number of phosphoric ester groups is 1. The van der Waals surface area contributed by atoms with Crippen LogP contribution in [-0.4, -0.2) is 66.5 Å². The molecule has 0 saturated heterocycles. The summed E-state index contributed by atoms with van der Waals surface area (Å²) in [6.45, 7) is 4.49. The monoisotopic (exact) mass is 1030 g/mol. The summed E-state index contributed by atoms with van der Waals surface area (Å²) in [6.07, 6.45) is 58.9. The zero-order chi connectivity index (χ0) is 52.7. The first-order chi connectivity index (χ1) is 35.2. The van der Waals surface area contributed by atoms with Gasteiger partial charge in [0, 0.05) is 19.3 Å². The summed E-state index contributed by atoms with van der Waals surface area (Å²) >= 11 is 0. The number of hydrogen-bond donors (Lipinski definition) is 2. The van der Waals surface area contributed by atoms with E-state index < -0.39 is 57.8 Å². The van der Waals surface area contributed by atoms with Gasteiger partial charge in [0.2, 0.25) is 0 Å². The summed E-state index contributed by atoms with van der Waals surface area (Å²) in [6, 6.07) is 0. The first kappa shape index (κ1) is 69.2. The molecule has 3 unspecified atom stereocenters. The van der Waals surface area contributed by atoms with E-state index in [9.17, 15) is 28.9 Å². The standard InChI is InChI=1S/C60H107O11P/c1-4-7-10-13-16-19-22-25-26-27-28-29-30-33-36-39-42-45-48-51-60(64)71-57(53-67-58(62)49-46-43-40-37-34-31-23-20-17-14-11-8-5-2)55-69-72(65,66)68-54-56(52-61)70-59(63)50-47-44-41-38-35-32-24-21-18-15-12-9-6-3/h8,11,16-17,19-20,25-26,31,34,56-57,61H,4-7,9-10,12-15,18,21-24,27-30,32-33,35-55H2,1-3H3,(H,65,66)/b11-8-,19-16-,20-17-,26-25-,34-31-. The van der Waals surface area contributed by atoms with E-state index >= 15 is 0 Å². The van der Waals surface area contributed by atoms with Crippen molar-refractivity contribution in [3.63, 3.8) is 0 Å². The van der Waals surface area contributed by atoms with Crippen molar-refractivity contribution in [2.75, 3.05) is 26.4 Å². The maximum Gasteiger partial charge on any atom is 0.472 e.